The number of likely N-dealkylation sites (N-methyl/N-ethyl adjacent to an activating group) is 1. The highest BCUT2D eigenvalue weighted by molar-refractivity contribution is 6.08. The van der Waals surface area contributed by atoms with Crippen molar-refractivity contribution >= 4 is 40.4 Å². The highest BCUT2D eigenvalue weighted by Crippen LogP contribution is 2.26. The number of rotatable bonds is 6. The smallest absolute Gasteiger partial charge is 0.261 e. The molecule has 3 aromatic rings. The van der Waals surface area contributed by atoms with E-state index in [2.05, 4.69) is 25.6 Å². The molecule has 31 heavy (non-hydrogen) atoms. The van der Waals surface area contributed by atoms with Crippen LogP contribution in [0.3, 0.4) is 0 Å². The maximum Gasteiger partial charge on any atom is 0.261 e. The van der Waals surface area contributed by atoms with Gasteiger partial charge < -0.3 is 15.6 Å². The maximum atomic E-state index is 12.7. The Morgan fingerprint density at radius 2 is 1.94 bits per heavy atom. The predicted molar refractivity (Wildman–Crippen MR) is 120 cm³/mol. The number of fused-ring (bicyclic) bond motifs is 1. The Labute approximate surface area is 180 Å². The molecular formula is C23H24N6O2. The monoisotopic (exact) mass is 416 g/mol. The molecule has 1 aromatic carbocycles. The van der Waals surface area contributed by atoms with Gasteiger partial charge in [0.2, 0.25) is 0 Å². The summed E-state index contributed by atoms with van der Waals surface area (Å²) in [4.78, 5) is 36.4. The van der Waals surface area contributed by atoms with E-state index in [1.54, 1.807) is 31.5 Å². The van der Waals surface area contributed by atoms with Gasteiger partial charge in [0.15, 0.2) is 11.4 Å². The third kappa shape index (κ3) is 4.95. The van der Waals surface area contributed by atoms with Crippen molar-refractivity contribution in [3.8, 4) is 6.07 Å². The van der Waals surface area contributed by atoms with Crippen molar-refractivity contribution in [3.05, 3.63) is 53.4 Å². The van der Waals surface area contributed by atoms with Gasteiger partial charge in [-0.2, -0.15) is 5.26 Å². The molecular weight excluding hydrogens is 392 g/mol. The number of aromatic amines is 1. The topological polar surface area (TPSA) is 124 Å². The molecule has 2 aromatic heterocycles. The van der Waals surface area contributed by atoms with Gasteiger partial charge in [-0.25, -0.2) is 9.97 Å². The van der Waals surface area contributed by atoms with Crippen LogP contribution in [0.25, 0.3) is 17.2 Å². The van der Waals surface area contributed by atoms with Crippen LogP contribution in [-0.2, 0) is 4.79 Å². The Morgan fingerprint density at radius 1 is 1.23 bits per heavy atom. The second kappa shape index (κ2) is 8.79. The van der Waals surface area contributed by atoms with Crippen LogP contribution >= 0.6 is 0 Å². The number of anilines is 2. The first-order valence-electron chi connectivity index (χ1n) is 9.89. The molecule has 0 unspecified atom stereocenters. The Balaban J connectivity index is 1.82. The molecule has 0 saturated heterocycles. The van der Waals surface area contributed by atoms with E-state index in [0.29, 0.717) is 29.1 Å². The standard InChI is InChI=1S/C23H24N6O2/c1-5-25-22(31)15(11-24)10-14-6-8-16(9-7-14)28-18-13-27-21-19(29-18)17(12-26-21)20(30)23(2,3)4/h6-10,12-13H,5H2,1-4H3,(H,25,31)(H,26,27)(H,28,29)/b15-10-. The fraction of sp³-hybridized carbons (Fsp3) is 0.261. The zero-order valence-electron chi connectivity index (χ0n) is 17.9. The van der Waals surface area contributed by atoms with Gasteiger partial charge in [-0.05, 0) is 30.7 Å². The van der Waals surface area contributed by atoms with E-state index in [-0.39, 0.29) is 11.4 Å². The Morgan fingerprint density at radius 3 is 2.55 bits per heavy atom. The molecule has 0 spiro atoms. The van der Waals surface area contributed by atoms with E-state index < -0.39 is 11.3 Å². The second-order valence-corrected chi connectivity index (χ2v) is 8.01. The molecule has 8 heteroatoms. The normalized spacial score (nSPS) is 11.8. The number of hydrogen-bond donors (Lipinski definition) is 3. The number of nitrogens with one attached hydrogen (secondary N) is 3. The van der Waals surface area contributed by atoms with Crippen molar-refractivity contribution in [1.82, 2.24) is 20.3 Å². The van der Waals surface area contributed by atoms with Crippen LogP contribution in [0.1, 0.15) is 43.6 Å². The summed E-state index contributed by atoms with van der Waals surface area (Å²) in [5, 5.41) is 15.0. The predicted octanol–water partition coefficient (Wildman–Crippen LogP) is 3.97. The fourth-order valence-corrected chi connectivity index (χ4v) is 2.91. The molecule has 0 fully saturated rings. The third-order valence-corrected chi connectivity index (χ3v) is 4.50. The van der Waals surface area contributed by atoms with Crippen LogP contribution in [0.15, 0.2) is 42.2 Å². The molecule has 3 N–H and O–H groups in total. The average Bonchev–Trinajstić information content (AvgIpc) is 3.15. The number of nitriles is 1. The molecule has 0 radical (unpaired) electrons. The first kappa shape index (κ1) is 21.7. The van der Waals surface area contributed by atoms with Crippen LogP contribution < -0.4 is 10.6 Å². The highest BCUT2D eigenvalue weighted by Gasteiger charge is 2.26. The SMILES string of the molecule is CCNC(=O)/C(C#N)=C\c1ccc(Nc2cnc3[nH]cc(C(=O)C(C)(C)C)c3n2)cc1. The number of Topliss-reactive ketones (excluding diaryl/α,β-unsaturated/α-hetero) is 1. The fourth-order valence-electron chi connectivity index (χ4n) is 2.91. The van der Waals surface area contributed by atoms with Gasteiger partial charge in [0.1, 0.15) is 23.0 Å². The van der Waals surface area contributed by atoms with Crippen molar-refractivity contribution in [2.24, 2.45) is 5.41 Å². The Bertz CT molecular complexity index is 1190. The first-order chi connectivity index (χ1) is 14.7. The zero-order chi connectivity index (χ0) is 22.6. The van der Waals surface area contributed by atoms with E-state index in [4.69, 9.17) is 0 Å². The van der Waals surface area contributed by atoms with Crippen LogP contribution in [-0.4, -0.2) is 33.2 Å². The minimum absolute atomic E-state index is 0.0123. The maximum absolute atomic E-state index is 12.7. The molecule has 0 atom stereocenters. The lowest BCUT2D eigenvalue weighted by atomic mass is 9.87. The largest absolute Gasteiger partial charge is 0.352 e. The van der Waals surface area contributed by atoms with Crippen molar-refractivity contribution in [1.29, 1.82) is 5.26 Å². The molecule has 0 aliphatic heterocycles. The van der Waals surface area contributed by atoms with Crippen molar-refractivity contribution < 1.29 is 9.59 Å². The number of ketones is 1. The molecule has 0 aliphatic carbocycles. The molecule has 1 amide bonds. The number of H-pyrrole nitrogens is 1. The van der Waals surface area contributed by atoms with E-state index in [1.165, 1.54) is 6.08 Å². The first-order valence-corrected chi connectivity index (χ1v) is 9.89. The summed E-state index contributed by atoms with van der Waals surface area (Å²) in [6, 6.07) is 9.11. The van der Waals surface area contributed by atoms with Crippen molar-refractivity contribution in [3.63, 3.8) is 0 Å². The highest BCUT2D eigenvalue weighted by atomic mass is 16.1. The van der Waals surface area contributed by atoms with Gasteiger partial charge >= 0.3 is 0 Å². The minimum atomic E-state index is -0.528. The average molecular weight is 416 g/mol. The molecule has 0 bridgehead atoms. The number of nitrogens with zero attached hydrogens (tertiary/aromatic N) is 3. The number of aromatic nitrogens is 3. The molecule has 2 heterocycles. The van der Waals surface area contributed by atoms with E-state index in [0.717, 1.165) is 11.3 Å². The lowest BCUT2D eigenvalue weighted by molar-refractivity contribution is -0.116. The molecule has 158 valence electrons. The van der Waals surface area contributed by atoms with Crippen LogP contribution in [0.4, 0.5) is 11.5 Å². The molecule has 8 nitrogen and oxygen atoms in total. The van der Waals surface area contributed by atoms with Crippen LogP contribution in [0.5, 0.6) is 0 Å². The van der Waals surface area contributed by atoms with Crippen LogP contribution in [0, 0.1) is 16.7 Å². The summed E-state index contributed by atoms with van der Waals surface area (Å²) < 4.78 is 0. The van der Waals surface area contributed by atoms with Crippen molar-refractivity contribution in [2.75, 3.05) is 11.9 Å². The van der Waals surface area contributed by atoms with E-state index in [1.807, 2.05) is 39.0 Å². The molecule has 0 aliphatic rings. The quantitative estimate of drug-likeness (QED) is 0.317. The number of carbonyl (C=O) groups is 2. The summed E-state index contributed by atoms with van der Waals surface area (Å²) in [5.74, 6) is 0.0861. The second-order valence-electron chi connectivity index (χ2n) is 8.01. The Kier molecular flexibility index (Phi) is 6.16. The number of amides is 1. The number of hydrogen-bond acceptors (Lipinski definition) is 6. The lowest BCUT2D eigenvalue weighted by Gasteiger charge is -2.15. The third-order valence-electron chi connectivity index (χ3n) is 4.50. The summed E-state index contributed by atoms with van der Waals surface area (Å²) >= 11 is 0. The summed E-state index contributed by atoms with van der Waals surface area (Å²) in [6.45, 7) is 7.84. The van der Waals surface area contributed by atoms with Gasteiger partial charge in [-0.3, -0.25) is 9.59 Å². The van der Waals surface area contributed by atoms with Crippen LogP contribution in [0.2, 0.25) is 0 Å². The summed E-state index contributed by atoms with van der Waals surface area (Å²) in [7, 11) is 0. The van der Waals surface area contributed by atoms with Gasteiger partial charge in [-0.15, -0.1) is 0 Å². The molecule has 0 saturated carbocycles. The van der Waals surface area contributed by atoms with Gasteiger partial charge in [0.25, 0.3) is 5.91 Å². The van der Waals surface area contributed by atoms with E-state index >= 15 is 0 Å². The van der Waals surface area contributed by atoms with E-state index in [9.17, 15) is 14.9 Å². The summed E-state index contributed by atoms with van der Waals surface area (Å²) in [5.41, 5.74) is 2.56. The number of carbonyl (C=O) groups excluding carboxylic acids is 2. The van der Waals surface area contributed by atoms with Gasteiger partial charge in [0, 0.05) is 23.8 Å². The minimum Gasteiger partial charge on any atom is -0.352 e. The van der Waals surface area contributed by atoms with Gasteiger partial charge in [0.05, 0.1) is 11.8 Å². The van der Waals surface area contributed by atoms with Crippen molar-refractivity contribution in [2.45, 2.75) is 27.7 Å². The Hall–Kier alpha value is -3.99. The zero-order valence-corrected chi connectivity index (χ0v) is 17.9. The van der Waals surface area contributed by atoms with Gasteiger partial charge in [-0.1, -0.05) is 32.9 Å². The number of benzene rings is 1. The molecule has 3 rings (SSSR count). The lowest BCUT2D eigenvalue weighted by Crippen LogP contribution is -2.23. The summed E-state index contributed by atoms with van der Waals surface area (Å²) in [6.07, 6.45) is 4.76.